The number of amides is 3. The summed E-state index contributed by atoms with van der Waals surface area (Å²) < 4.78 is 10.4. The van der Waals surface area contributed by atoms with E-state index >= 15 is 0 Å². The normalized spacial score (nSPS) is 20.9. The minimum Gasteiger partial charge on any atom is -0.388 e. The van der Waals surface area contributed by atoms with E-state index in [1.165, 1.54) is 4.90 Å². The summed E-state index contributed by atoms with van der Waals surface area (Å²) in [5.74, 6) is 0.0871. The average molecular weight is 393 g/mol. The molecule has 2 atom stereocenters. The van der Waals surface area contributed by atoms with Crippen LogP contribution >= 0.6 is 11.6 Å². The first kappa shape index (κ1) is 17.9. The molecule has 1 aromatic heterocycles. The highest BCUT2D eigenvalue weighted by molar-refractivity contribution is 6.30. The van der Waals surface area contributed by atoms with Crippen molar-refractivity contribution in [1.29, 1.82) is 0 Å². The second-order valence-corrected chi connectivity index (χ2v) is 6.80. The van der Waals surface area contributed by atoms with Gasteiger partial charge in [0, 0.05) is 18.0 Å². The number of halogens is 1. The summed E-state index contributed by atoms with van der Waals surface area (Å²) in [7, 11) is 0. The number of urea groups is 1. The summed E-state index contributed by atoms with van der Waals surface area (Å²) in [5.41, 5.74) is 0.674. The Balaban J connectivity index is 1.41. The molecule has 0 unspecified atom stereocenters. The van der Waals surface area contributed by atoms with Gasteiger partial charge >= 0.3 is 6.03 Å². The molecule has 1 N–H and O–H groups in total. The maximum Gasteiger partial charge on any atom is 0.328 e. The summed E-state index contributed by atoms with van der Waals surface area (Å²) in [4.78, 5) is 31.5. The van der Waals surface area contributed by atoms with Crippen molar-refractivity contribution < 1.29 is 24.0 Å². The highest BCUT2D eigenvalue weighted by Gasteiger charge is 2.47. The molecule has 3 amide bonds. The molecular weight excluding hydrogens is 376 g/mol. The molecule has 9 nitrogen and oxygen atoms in total. The summed E-state index contributed by atoms with van der Waals surface area (Å²) in [6.45, 7) is 0.892. The zero-order chi connectivity index (χ0) is 19.0. The number of nitrogens with zero attached hydrogens (tertiary/aromatic N) is 4. The van der Waals surface area contributed by atoms with E-state index in [1.807, 2.05) is 0 Å². The summed E-state index contributed by atoms with van der Waals surface area (Å²) in [6.07, 6.45) is -0.691. The zero-order valence-electron chi connectivity index (χ0n) is 14.2. The standard InChI is InChI=1S/C17H17ClN4O5/c18-11-3-1-10(2-4-11)13(23)7-14-19-15(27-20-14)8-22-16(24)12-9-26-6-5-21(12)17(22)25/h1-4,12-13,23H,5-9H2/t12-,13+/m1/s1. The molecule has 3 heterocycles. The number of ether oxygens (including phenoxy) is 1. The fourth-order valence-electron chi connectivity index (χ4n) is 3.16. The molecule has 142 valence electrons. The van der Waals surface area contributed by atoms with Gasteiger partial charge in [0.15, 0.2) is 5.82 Å². The van der Waals surface area contributed by atoms with Crippen molar-refractivity contribution in [3.05, 3.63) is 46.6 Å². The van der Waals surface area contributed by atoms with E-state index < -0.39 is 12.1 Å². The van der Waals surface area contributed by atoms with E-state index in [4.69, 9.17) is 20.9 Å². The van der Waals surface area contributed by atoms with Crippen molar-refractivity contribution in [2.24, 2.45) is 0 Å². The Bertz CT molecular complexity index is 831. The predicted octanol–water partition coefficient (Wildman–Crippen LogP) is 1.16. The van der Waals surface area contributed by atoms with Crippen LogP contribution in [-0.2, 0) is 22.5 Å². The number of morpholine rings is 1. The number of imide groups is 1. The smallest absolute Gasteiger partial charge is 0.328 e. The number of carbonyl (C=O) groups is 2. The maximum atomic E-state index is 12.4. The third-order valence-corrected chi connectivity index (χ3v) is 4.84. The second kappa shape index (κ2) is 7.26. The average Bonchev–Trinajstić information content (AvgIpc) is 3.21. The van der Waals surface area contributed by atoms with Crippen molar-refractivity contribution in [3.63, 3.8) is 0 Å². The highest BCUT2D eigenvalue weighted by Crippen LogP contribution is 2.23. The van der Waals surface area contributed by atoms with Gasteiger partial charge < -0.3 is 19.3 Å². The van der Waals surface area contributed by atoms with Gasteiger partial charge in [-0.05, 0) is 17.7 Å². The number of aliphatic hydroxyl groups excluding tert-OH is 1. The van der Waals surface area contributed by atoms with Crippen LogP contribution in [0.4, 0.5) is 4.79 Å². The van der Waals surface area contributed by atoms with Crippen LogP contribution in [-0.4, -0.2) is 62.8 Å². The van der Waals surface area contributed by atoms with E-state index in [9.17, 15) is 14.7 Å². The van der Waals surface area contributed by atoms with Gasteiger partial charge in [-0.25, -0.2) is 4.79 Å². The molecule has 2 aliphatic rings. The van der Waals surface area contributed by atoms with Gasteiger partial charge in [-0.2, -0.15) is 4.98 Å². The fourth-order valence-corrected chi connectivity index (χ4v) is 3.29. The Morgan fingerprint density at radius 2 is 2.07 bits per heavy atom. The lowest BCUT2D eigenvalue weighted by Crippen LogP contribution is -2.45. The molecule has 2 aliphatic heterocycles. The lowest BCUT2D eigenvalue weighted by Gasteiger charge is -2.26. The van der Waals surface area contributed by atoms with Crippen LogP contribution in [0.3, 0.4) is 0 Å². The van der Waals surface area contributed by atoms with Gasteiger partial charge in [0.05, 0.1) is 19.3 Å². The Morgan fingerprint density at radius 3 is 2.81 bits per heavy atom. The third-order valence-electron chi connectivity index (χ3n) is 4.59. The maximum absolute atomic E-state index is 12.4. The van der Waals surface area contributed by atoms with Gasteiger partial charge in [-0.3, -0.25) is 9.69 Å². The highest BCUT2D eigenvalue weighted by atomic mass is 35.5. The molecule has 2 saturated heterocycles. The first-order valence-corrected chi connectivity index (χ1v) is 8.85. The van der Waals surface area contributed by atoms with Crippen molar-refractivity contribution in [1.82, 2.24) is 19.9 Å². The Kier molecular flexibility index (Phi) is 4.81. The Labute approximate surface area is 159 Å². The van der Waals surface area contributed by atoms with E-state index in [-0.39, 0.29) is 43.2 Å². The molecule has 0 saturated carbocycles. The van der Waals surface area contributed by atoms with Gasteiger partial charge in [0.2, 0.25) is 5.89 Å². The molecule has 0 bridgehead atoms. The Hall–Kier alpha value is -2.49. The largest absolute Gasteiger partial charge is 0.388 e. The SMILES string of the molecule is O=C1[C@H]2COCCN2C(=O)N1Cc1nc(C[C@H](O)c2ccc(Cl)cc2)no1. The molecule has 4 rings (SSSR count). The summed E-state index contributed by atoms with van der Waals surface area (Å²) >= 11 is 5.84. The molecule has 1 aromatic carbocycles. The van der Waals surface area contributed by atoms with Crippen LogP contribution < -0.4 is 0 Å². The van der Waals surface area contributed by atoms with Crippen molar-refractivity contribution in [3.8, 4) is 0 Å². The van der Waals surface area contributed by atoms with Crippen LogP contribution in [0.5, 0.6) is 0 Å². The number of rotatable bonds is 5. The van der Waals surface area contributed by atoms with Crippen molar-refractivity contribution in [2.45, 2.75) is 25.1 Å². The van der Waals surface area contributed by atoms with Crippen LogP contribution in [0.2, 0.25) is 5.02 Å². The van der Waals surface area contributed by atoms with Crippen LogP contribution in [0.25, 0.3) is 0 Å². The topological polar surface area (TPSA) is 109 Å². The monoisotopic (exact) mass is 392 g/mol. The minimum absolute atomic E-state index is 0.102. The van der Waals surface area contributed by atoms with E-state index in [0.29, 0.717) is 23.7 Å². The number of aliphatic hydroxyl groups is 1. The molecule has 0 aliphatic carbocycles. The lowest BCUT2D eigenvalue weighted by atomic mass is 10.1. The summed E-state index contributed by atoms with van der Waals surface area (Å²) in [6, 6.07) is 5.84. The number of aromatic nitrogens is 2. The predicted molar refractivity (Wildman–Crippen MR) is 91.7 cm³/mol. The number of hydrogen-bond donors (Lipinski definition) is 1. The second-order valence-electron chi connectivity index (χ2n) is 6.37. The first-order chi connectivity index (χ1) is 13.0. The quantitative estimate of drug-likeness (QED) is 0.760. The number of benzene rings is 1. The van der Waals surface area contributed by atoms with Crippen LogP contribution in [0.1, 0.15) is 23.4 Å². The zero-order valence-corrected chi connectivity index (χ0v) is 15.0. The minimum atomic E-state index is -0.825. The lowest BCUT2D eigenvalue weighted by molar-refractivity contribution is -0.131. The van der Waals surface area contributed by atoms with Crippen molar-refractivity contribution in [2.75, 3.05) is 19.8 Å². The molecule has 2 fully saturated rings. The van der Waals surface area contributed by atoms with Gasteiger partial charge in [-0.1, -0.05) is 28.9 Å². The van der Waals surface area contributed by atoms with E-state index in [0.717, 1.165) is 4.90 Å². The molecule has 0 spiro atoms. The van der Waals surface area contributed by atoms with E-state index in [2.05, 4.69) is 10.1 Å². The fraction of sp³-hybridized carbons (Fsp3) is 0.412. The van der Waals surface area contributed by atoms with Gasteiger partial charge in [0.25, 0.3) is 5.91 Å². The summed E-state index contributed by atoms with van der Waals surface area (Å²) in [5, 5.41) is 14.7. The first-order valence-electron chi connectivity index (χ1n) is 8.47. The van der Waals surface area contributed by atoms with E-state index in [1.54, 1.807) is 24.3 Å². The molecule has 0 radical (unpaired) electrons. The van der Waals surface area contributed by atoms with Crippen LogP contribution in [0, 0.1) is 0 Å². The van der Waals surface area contributed by atoms with Crippen LogP contribution in [0.15, 0.2) is 28.8 Å². The molecule has 27 heavy (non-hydrogen) atoms. The number of fused-ring (bicyclic) bond motifs is 1. The third kappa shape index (κ3) is 3.53. The molecular formula is C17H17ClN4O5. The Morgan fingerprint density at radius 1 is 1.30 bits per heavy atom. The molecule has 2 aromatic rings. The number of carbonyl (C=O) groups excluding carboxylic acids is 2. The van der Waals surface area contributed by atoms with Gasteiger partial charge in [-0.15, -0.1) is 0 Å². The van der Waals surface area contributed by atoms with Crippen molar-refractivity contribution >= 4 is 23.5 Å². The number of hydrogen-bond acceptors (Lipinski definition) is 7. The molecule has 10 heteroatoms. The van der Waals surface area contributed by atoms with Gasteiger partial charge in [0.1, 0.15) is 12.6 Å².